The zero-order valence-electron chi connectivity index (χ0n) is 21.9. The van der Waals surface area contributed by atoms with Gasteiger partial charge >= 0.3 is 0 Å². The Hall–Kier alpha value is -2.87. The molecule has 0 saturated carbocycles. The van der Waals surface area contributed by atoms with E-state index in [0.29, 0.717) is 31.5 Å². The Morgan fingerprint density at radius 3 is 2.27 bits per heavy atom. The largest absolute Gasteiger partial charge is 0.497 e. The van der Waals surface area contributed by atoms with Gasteiger partial charge in [-0.1, -0.05) is 48.9 Å². The van der Waals surface area contributed by atoms with Gasteiger partial charge in [-0.2, -0.15) is 4.31 Å². The number of hydrogen-bond acceptors (Lipinski definition) is 5. The first kappa shape index (κ1) is 27.2. The van der Waals surface area contributed by atoms with E-state index in [1.807, 2.05) is 54.6 Å². The zero-order valence-corrected chi connectivity index (χ0v) is 22.7. The van der Waals surface area contributed by atoms with E-state index in [4.69, 9.17) is 9.47 Å². The first-order chi connectivity index (χ1) is 18.0. The molecule has 0 radical (unpaired) electrons. The summed E-state index contributed by atoms with van der Waals surface area (Å²) in [6.45, 7) is 5.53. The molecule has 0 aromatic heterocycles. The van der Waals surface area contributed by atoms with Crippen molar-refractivity contribution in [2.45, 2.75) is 56.7 Å². The second kappa shape index (κ2) is 13.1. The van der Waals surface area contributed by atoms with Gasteiger partial charge < -0.3 is 14.4 Å². The van der Waals surface area contributed by atoms with Crippen LogP contribution >= 0.6 is 0 Å². The number of benzene rings is 3. The summed E-state index contributed by atoms with van der Waals surface area (Å²) >= 11 is 0. The highest BCUT2D eigenvalue weighted by atomic mass is 32.2. The highest BCUT2D eigenvalue weighted by Gasteiger charge is 2.25. The first-order valence-corrected chi connectivity index (χ1v) is 14.5. The molecule has 1 fully saturated rings. The van der Waals surface area contributed by atoms with Crippen LogP contribution < -0.4 is 9.47 Å². The van der Waals surface area contributed by atoms with Crippen LogP contribution in [0.1, 0.15) is 43.7 Å². The van der Waals surface area contributed by atoms with Gasteiger partial charge in [0.05, 0.1) is 12.0 Å². The number of sulfonamides is 1. The lowest BCUT2D eigenvalue weighted by Gasteiger charge is -2.34. The van der Waals surface area contributed by atoms with Crippen molar-refractivity contribution >= 4 is 10.0 Å². The Bertz CT molecular complexity index is 1200. The molecule has 1 aliphatic heterocycles. The SMILES string of the molecule is COc1ccc(S(=O)(=O)N(CCCN2CCCCC2C)Cc2ccc(OCc3ccccc3)cc2)cc1. The minimum Gasteiger partial charge on any atom is -0.497 e. The van der Waals surface area contributed by atoms with E-state index in [1.54, 1.807) is 35.7 Å². The normalized spacial score (nSPS) is 16.6. The molecule has 1 aliphatic rings. The van der Waals surface area contributed by atoms with Crippen LogP contribution in [0.3, 0.4) is 0 Å². The van der Waals surface area contributed by atoms with Gasteiger partial charge in [0.15, 0.2) is 0 Å². The fourth-order valence-electron chi connectivity index (χ4n) is 4.76. The minimum atomic E-state index is -3.67. The molecular formula is C30H38N2O4S. The number of likely N-dealkylation sites (tertiary alicyclic amines) is 1. The van der Waals surface area contributed by atoms with Gasteiger partial charge in [0, 0.05) is 19.1 Å². The molecule has 1 unspecified atom stereocenters. The molecule has 1 heterocycles. The van der Waals surface area contributed by atoms with Gasteiger partial charge in [-0.05, 0) is 86.8 Å². The Balaban J connectivity index is 1.45. The predicted molar refractivity (Wildman–Crippen MR) is 147 cm³/mol. The Morgan fingerprint density at radius 2 is 1.59 bits per heavy atom. The molecule has 0 aliphatic carbocycles. The predicted octanol–water partition coefficient (Wildman–Crippen LogP) is 5.73. The Labute approximate surface area is 221 Å². The lowest BCUT2D eigenvalue weighted by molar-refractivity contribution is 0.155. The van der Waals surface area contributed by atoms with Crippen LogP contribution in [0.2, 0.25) is 0 Å². The summed E-state index contributed by atoms with van der Waals surface area (Å²) in [5.74, 6) is 1.40. The van der Waals surface area contributed by atoms with Crippen LogP contribution in [0.25, 0.3) is 0 Å². The molecule has 3 aromatic rings. The summed E-state index contributed by atoms with van der Waals surface area (Å²) in [5, 5.41) is 0. The average Bonchev–Trinajstić information content (AvgIpc) is 2.93. The number of rotatable bonds is 12. The van der Waals surface area contributed by atoms with Crippen LogP contribution in [-0.2, 0) is 23.2 Å². The molecule has 4 rings (SSSR count). The number of methoxy groups -OCH3 is 1. The fourth-order valence-corrected chi connectivity index (χ4v) is 6.22. The van der Waals surface area contributed by atoms with E-state index in [0.717, 1.165) is 36.4 Å². The quantitative estimate of drug-likeness (QED) is 0.304. The lowest BCUT2D eigenvalue weighted by Crippen LogP contribution is -2.40. The van der Waals surface area contributed by atoms with Crippen molar-refractivity contribution in [3.05, 3.63) is 90.0 Å². The lowest BCUT2D eigenvalue weighted by atomic mass is 10.0. The van der Waals surface area contributed by atoms with Crippen LogP contribution in [0.5, 0.6) is 11.5 Å². The van der Waals surface area contributed by atoms with Crippen molar-refractivity contribution in [1.29, 1.82) is 0 Å². The van der Waals surface area contributed by atoms with Crippen molar-refractivity contribution in [2.24, 2.45) is 0 Å². The molecule has 0 spiro atoms. The Kier molecular flexibility index (Phi) is 9.61. The van der Waals surface area contributed by atoms with Crippen molar-refractivity contribution in [1.82, 2.24) is 9.21 Å². The van der Waals surface area contributed by atoms with E-state index in [9.17, 15) is 8.42 Å². The molecule has 0 bridgehead atoms. The maximum Gasteiger partial charge on any atom is 0.243 e. The summed E-state index contributed by atoms with van der Waals surface area (Å²) < 4.78 is 40.0. The van der Waals surface area contributed by atoms with Crippen molar-refractivity contribution < 1.29 is 17.9 Å². The van der Waals surface area contributed by atoms with Crippen LogP contribution in [0, 0.1) is 0 Å². The number of piperidine rings is 1. The van der Waals surface area contributed by atoms with Crippen molar-refractivity contribution in [3.63, 3.8) is 0 Å². The van der Waals surface area contributed by atoms with Crippen molar-refractivity contribution in [3.8, 4) is 11.5 Å². The number of nitrogens with zero attached hydrogens (tertiary/aromatic N) is 2. The highest BCUT2D eigenvalue weighted by molar-refractivity contribution is 7.89. The molecule has 3 aromatic carbocycles. The molecular weight excluding hydrogens is 484 g/mol. The van der Waals surface area contributed by atoms with E-state index < -0.39 is 10.0 Å². The standard InChI is InChI=1S/C30H38N2O4S/c1-25-9-6-7-20-31(25)21-8-22-32(37(33,34)30-18-16-28(35-2)17-19-30)23-26-12-14-29(15-13-26)36-24-27-10-4-3-5-11-27/h3-5,10-19,25H,6-9,20-24H2,1-2H3. The molecule has 6 nitrogen and oxygen atoms in total. The van der Waals surface area contributed by atoms with Gasteiger partial charge in [0.25, 0.3) is 0 Å². The first-order valence-electron chi connectivity index (χ1n) is 13.1. The van der Waals surface area contributed by atoms with Gasteiger partial charge in [0.2, 0.25) is 10.0 Å². The monoisotopic (exact) mass is 522 g/mol. The highest BCUT2D eigenvalue weighted by Crippen LogP contribution is 2.24. The van der Waals surface area contributed by atoms with Gasteiger partial charge in [-0.3, -0.25) is 0 Å². The second-order valence-corrected chi connectivity index (χ2v) is 11.6. The molecule has 1 atom stereocenters. The topological polar surface area (TPSA) is 59.1 Å². The molecule has 198 valence electrons. The summed E-state index contributed by atoms with van der Waals surface area (Å²) in [6, 6.07) is 24.9. The summed E-state index contributed by atoms with van der Waals surface area (Å²) in [7, 11) is -2.10. The van der Waals surface area contributed by atoms with Gasteiger partial charge in [-0.15, -0.1) is 0 Å². The molecule has 0 amide bonds. The minimum absolute atomic E-state index is 0.280. The average molecular weight is 523 g/mol. The van der Waals surface area contributed by atoms with Gasteiger partial charge in [0.1, 0.15) is 18.1 Å². The van der Waals surface area contributed by atoms with E-state index >= 15 is 0 Å². The maximum atomic E-state index is 13.7. The van der Waals surface area contributed by atoms with E-state index in [1.165, 1.54) is 19.3 Å². The Morgan fingerprint density at radius 1 is 0.892 bits per heavy atom. The molecule has 7 heteroatoms. The van der Waals surface area contributed by atoms with E-state index in [-0.39, 0.29) is 4.90 Å². The fraction of sp³-hybridized carbons (Fsp3) is 0.400. The third-order valence-electron chi connectivity index (χ3n) is 7.02. The maximum absolute atomic E-state index is 13.7. The third kappa shape index (κ3) is 7.57. The summed E-state index contributed by atoms with van der Waals surface area (Å²) in [5.41, 5.74) is 2.03. The van der Waals surface area contributed by atoms with Crippen molar-refractivity contribution in [2.75, 3.05) is 26.7 Å². The number of hydrogen-bond donors (Lipinski definition) is 0. The summed E-state index contributed by atoms with van der Waals surface area (Å²) in [6.07, 6.45) is 4.50. The van der Waals surface area contributed by atoms with Crippen LogP contribution in [0.15, 0.2) is 83.8 Å². The van der Waals surface area contributed by atoms with Crippen LogP contribution in [-0.4, -0.2) is 50.4 Å². The van der Waals surface area contributed by atoms with E-state index in [2.05, 4.69) is 11.8 Å². The zero-order chi connectivity index (χ0) is 26.1. The molecule has 1 saturated heterocycles. The van der Waals surface area contributed by atoms with Gasteiger partial charge in [-0.25, -0.2) is 8.42 Å². The smallest absolute Gasteiger partial charge is 0.243 e. The number of ether oxygens (including phenoxy) is 2. The molecule has 0 N–H and O–H groups in total. The van der Waals surface area contributed by atoms with Crippen LogP contribution in [0.4, 0.5) is 0 Å². The summed E-state index contributed by atoms with van der Waals surface area (Å²) in [4.78, 5) is 2.77. The second-order valence-electron chi connectivity index (χ2n) is 9.67. The third-order valence-corrected chi connectivity index (χ3v) is 8.88. The molecule has 37 heavy (non-hydrogen) atoms.